The molecule has 0 aliphatic heterocycles. The summed E-state index contributed by atoms with van der Waals surface area (Å²) in [7, 11) is 0. The number of aryl methyl sites for hydroxylation is 1. The molecule has 4 nitrogen and oxygen atoms in total. The van der Waals surface area contributed by atoms with Crippen LogP contribution in [0.15, 0.2) is 41.0 Å². The molecule has 2 rings (SSSR count). The number of pyridine rings is 1. The number of nitrogens with one attached hydrogen (secondary N) is 2. The normalized spacial score (nSPS) is 11.1. The Labute approximate surface area is 139 Å². The number of benzene rings is 1. The summed E-state index contributed by atoms with van der Waals surface area (Å²) in [5.74, 6) is 0.569. The Hall–Kier alpha value is -1.88. The molecule has 0 saturated heterocycles. The fraction of sp³-hybridized carbons (Fsp3) is 0.294. The van der Waals surface area contributed by atoms with Gasteiger partial charge in [0, 0.05) is 16.2 Å². The van der Waals surface area contributed by atoms with Crippen LogP contribution in [0.3, 0.4) is 0 Å². The highest BCUT2D eigenvalue weighted by molar-refractivity contribution is 9.10. The van der Waals surface area contributed by atoms with Crippen molar-refractivity contribution in [2.75, 3.05) is 10.6 Å². The number of rotatable bonds is 3. The molecule has 2 N–H and O–H groups in total. The maximum atomic E-state index is 12.3. The zero-order valence-electron chi connectivity index (χ0n) is 13.2. The summed E-state index contributed by atoms with van der Waals surface area (Å²) < 4.78 is 0.861. The van der Waals surface area contributed by atoms with Gasteiger partial charge in [-0.2, -0.15) is 0 Å². The highest BCUT2D eigenvalue weighted by atomic mass is 79.9. The van der Waals surface area contributed by atoms with Crippen LogP contribution in [0.4, 0.5) is 11.5 Å². The van der Waals surface area contributed by atoms with Gasteiger partial charge in [0.2, 0.25) is 0 Å². The third-order valence-electron chi connectivity index (χ3n) is 2.90. The van der Waals surface area contributed by atoms with Gasteiger partial charge in [0.25, 0.3) is 5.91 Å². The largest absolute Gasteiger partial charge is 0.365 e. The van der Waals surface area contributed by atoms with Crippen LogP contribution < -0.4 is 10.6 Å². The van der Waals surface area contributed by atoms with Gasteiger partial charge in [-0.15, -0.1) is 0 Å². The molecule has 1 aromatic heterocycles. The monoisotopic (exact) mass is 361 g/mol. The van der Waals surface area contributed by atoms with Gasteiger partial charge in [0.1, 0.15) is 5.82 Å². The summed E-state index contributed by atoms with van der Waals surface area (Å²) in [6.07, 6.45) is 1.57. The Morgan fingerprint density at radius 3 is 2.45 bits per heavy atom. The molecule has 0 saturated carbocycles. The molecule has 0 spiro atoms. The van der Waals surface area contributed by atoms with Crippen LogP contribution in [0.2, 0.25) is 0 Å². The average Bonchev–Trinajstić information content (AvgIpc) is 2.41. The number of halogens is 1. The molecule has 0 aliphatic rings. The maximum absolute atomic E-state index is 12.3. The van der Waals surface area contributed by atoms with E-state index in [1.165, 1.54) is 0 Å². The SMILES string of the molecule is Cc1ccc(NC(=O)c2ccc(NC(C)(C)C)nc2)c(Br)c1. The predicted molar refractivity (Wildman–Crippen MR) is 94.4 cm³/mol. The van der Waals surface area contributed by atoms with Gasteiger partial charge in [-0.1, -0.05) is 6.07 Å². The van der Waals surface area contributed by atoms with E-state index in [2.05, 4.69) is 52.3 Å². The Morgan fingerprint density at radius 1 is 1.18 bits per heavy atom. The lowest BCUT2D eigenvalue weighted by molar-refractivity contribution is 0.102. The molecule has 116 valence electrons. The molecule has 0 fully saturated rings. The van der Waals surface area contributed by atoms with E-state index < -0.39 is 0 Å². The van der Waals surface area contributed by atoms with E-state index in [1.54, 1.807) is 12.3 Å². The van der Waals surface area contributed by atoms with Crippen molar-refractivity contribution in [3.05, 3.63) is 52.1 Å². The number of aromatic nitrogens is 1. The molecule has 22 heavy (non-hydrogen) atoms. The maximum Gasteiger partial charge on any atom is 0.257 e. The molecule has 2 aromatic rings. The molecular formula is C17H20BrN3O. The van der Waals surface area contributed by atoms with Crippen LogP contribution >= 0.6 is 15.9 Å². The summed E-state index contributed by atoms with van der Waals surface area (Å²) in [5, 5.41) is 6.14. The first-order chi connectivity index (χ1) is 10.2. The van der Waals surface area contributed by atoms with E-state index in [4.69, 9.17) is 0 Å². The summed E-state index contributed by atoms with van der Waals surface area (Å²) in [4.78, 5) is 16.5. The molecule has 0 atom stereocenters. The molecule has 5 heteroatoms. The van der Waals surface area contributed by atoms with Crippen LogP contribution in [0, 0.1) is 6.92 Å². The van der Waals surface area contributed by atoms with Gasteiger partial charge >= 0.3 is 0 Å². The van der Waals surface area contributed by atoms with E-state index >= 15 is 0 Å². The first-order valence-corrected chi connectivity index (χ1v) is 7.86. The van der Waals surface area contributed by atoms with Crippen molar-refractivity contribution in [3.8, 4) is 0 Å². The standard InChI is InChI=1S/C17H20BrN3O/c1-11-5-7-14(13(18)9-11)20-16(22)12-6-8-15(19-10-12)21-17(2,3)4/h5-10H,1-4H3,(H,19,21)(H,20,22). The Bertz CT molecular complexity index is 675. The third kappa shape index (κ3) is 4.56. The zero-order valence-corrected chi connectivity index (χ0v) is 14.8. The van der Waals surface area contributed by atoms with Crippen molar-refractivity contribution in [3.63, 3.8) is 0 Å². The lowest BCUT2D eigenvalue weighted by atomic mass is 10.1. The van der Waals surface area contributed by atoms with Crippen molar-refractivity contribution >= 4 is 33.3 Å². The topological polar surface area (TPSA) is 54.0 Å². The fourth-order valence-corrected chi connectivity index (χ4v) is 2.49. The van der Waals surface area contributed by atoms with Crippen LogP contribution in [-0.4, -0.2) is 16.4 Å². The van der Waals surface area contributed by atoms with Crippen molar-refractivity contribution in [1.29, 1.82) is 0 Å². The average molecular weight is 362 g/mol. The molecule has 0 aliphatic carbocycles. The minimum Gasteiger partial charge on any atom is -0.365 e. The van der Waals surface area contributed by atoms with Crippen molar-refractivity contribution < 1.29 is 4.79 Å². The molecule has 0 unspecified atom stereocenters. The van der Waals surface area contributed by atoms with Gasteiger partial charge in [-0.05, 0) is 73.5 Å². The number of hydrogen-bond acceptors (Lipinski definition) is 3. The summed E-state index contributed by atoms with van der Waals surface area (Å²) >= 11 is 3.45. The Kier molecular flexibility index (Phi) is 4.86. The van der Waals surface area contributed by atoms with Crippen LogP contribution in [0.25, 0.3) is 0 Å². The van der Waals surface area contributed by atoms with E-state index in [0.29, 0.717) is 5.56 Å². The second-order valence-electron chi connectivity index (χ2n) is 6.24. The summed E-state index contributed by atoms with van der Waals surface area (Å²) in [6, 6.07) is 9.36. The number of amides is 1. The highest BCUT2D eigenvalue weighted by Gasteiger charge is 2.12. The van der Waals surface area contributed by atoms with Gasteiger partial charge in [0.15, 0.2) is 0 Å². The quantitative estimate of drug-likeness (QED) is 0.838. The second kappa shape index (κ2) is 6.48. The van der Waals surface area contributed by atoms with Crippen LogP contribution in [0.5, 0.6) is 0 Å². The molecular weight excluding hydrogens is 342 g/mol. The third-order valence-corrected chi connectivity index (χ3v) is 3.56. The van der Waals surface area contributed by atoms with E-state index in [1.807, 2.05) is 31.2 Å². The van der Waals surface area contributed by atoms with Gasteiger partial charge in [-0.25, -0.2) is 4.98 Å². The number of carbonyl (C=O) groups excluding carboxylic acids is 1. The van der Waals surface area contributed by atoms with Crippen molar-refractivity contribution in [1.82, 2.24) is 4.98 Å². The predicted octanol–water partition coefficient (Wildman–Crippen LogP) is 4.62. The lowest BCUT2D eigenvalue weighted by Gasteiger charge is -2.21. The van der Waals surface area contributed by atoms with Gasteiger partial charge < -0.3 is 10.6 Å². The lowest BCUT2D eigenvalue weighted by Crippen LogP contribution is -2.26. The highest BCUT2D eigenvalue weighted by Crippen LogP contribution is 2.24. The smallest absolute Gasteiger partial charge is 0.257 e. The minimum atomic E-state index is -0.181. The zero-order chi connectivity index (χ0) is 16.3. The van der Waals surface area contributed by atoms with Crippen molar-refractivity contribution in [2.24, 2.45) is 0 Å². The molecule has 0 radical (unpaired) electrons. The number of carbonyl (C=O) groups is 1. The fourth-order valence-electron chi connectivity index (χ4n) is 1.90. The number of hydrogen-bond donors (Lipinski definition) is 2. The number of anilines is 2. The Morgan fingerprint density at radius 2 is 1.91 bits per heavy atom. The van der Waals surface area contributed by atoms with E-state index in [-0.39, 0.29) is 11.4 Å². The van der Waals surface area contributed by atoms with Gasteiger partial charge in [-0.3, -0.25) is 4.79 Å². The van der Waals surface area contributed by atoms with E-state index in [9.17, 15) is 4.79 Å². The molecule has 1 aromatic carbocycles. The summed E-state index contributed by atoms with van der Waals surface area (Å²) in [5.41, 5.74) is 2.33. The second-order valence-corrected chi connectivity index (χ2v) is 7.10. The Balaban J connectivity index is 2.10. The minimum absolute atomic E-state index is 0.0659. The molecule has 0 bridgehead atoms. The van der Waals surface area contributed by atoms with Crippen LogP contribution in [0.1, 0.15) is 36.7 Å². The number of nitrogens with zero attached hydrogens (tertiary/aromatic N) is 1. The van der Waals surface area contributed by atoms with Gasteiger partial charge in [0.05, 0.1) is 11.3 Å². The van der Waals surface area contributed by atoms with Crippen molar-refractivity contribution in [2.45, 2.75) is 33.2 Å². The van der Waals surface area contributed by atoms with E-state index in [0.717, 1.165) is 21.5 Å². The van der Waals surface area contributed by atoms with Crippen LogP contribution in [-0.2, 0) is 0 Å². The first-order valence-electron chi connectivity index (χ1n) is 7.06. The first kappa shape index (κ1) is 16.5. The molecule has 1 amide bonds. The summed E-state index contributed by atoms with van der Waals surface area (Å²) in [6.45, 7) is 8.18. The molecule has 1 heterocycles.